The average molecular weight is 270 g/mol. The van der Waals surface area contributed by atoms with Gasteiger partial charge in [0, 0.05) is 0 Å². The molecule has 0 rings (SSSR count). The maximum atomic E-state index is 2.66. The number of hydrogen-bond acceptors (Lipinski definition) is 1. The third kappa shape index (κ3) is 8.41. The van der Waals surface area contributed by atoms with Crippen LogP contribution in [0.3, 0.4) is 0 Å². The minimum atomic E-state index is -0.767. The van der Waals surface area contributed by atoms with Gasteiger partial charge >= 0.3 is 103 Å². The Morgan fingerprint density at radius 2 is 1.33 bits per heavy atom. The standard InChI is InChI=1S/C9H20N.2C2H5.Ga/c1-4-7-10(8-5-2)9-6-3;2*1-2;/h1,4-9H2,2-3H3;2*1H2,2H3;. The van der Waals surface area contributed by atoms with Crippen LogP contribution in [-0.2, 0) is 0 Å². The van der Waals surface area contributed by atoms with Crippen molar-refractivity contribution >= 4 is 16.2 Å². The van der Waals surface area contributed by atoms with Crippen LogP contribution in [0, 0.1) is 0 Å². The van der Waals surface area contributed by atoms with E-state index in [9.17, 15) is 0 Å². The Bertz CT molecular complexity index is 118. The van der Waals surface area contributed by atoms with Crippen molar-refractivity contribution in [3.05, 3.63) is 0 Å². The quantitative estimate of drug-likeness (QED) is 0.542. The molecule has 0 saturated heterocycles. The third-order valence-corrected chi connectivity index (χ3v) is 10.7. The van der Waals surface area contributed by atoms with Crippen molar-refractivity contribution in [1.29, 1.82) is 0 Å². The molecule has 0 heterocycles. The van der Waals surface area contributed by atoms with Crippen LogP contribution in [0.25, 0.3) is 0 Å². The second-order valence-corrected chi connectivity index (χ2v) is 12.9. The van der Waals surface area contributed by atoms with E-state index in [1.807, 2.05) is 0 Å². The monoisotopic (exact) mass is 269 g/mol. The topological polar surface area (TPSA) is 3.24 Å². The zero-order valence-electron chi connectivity index (χ0n) is 11.4. The van der Waals surface area contributed by atoms with Gasteiger partial charge in [0.2, 0.25) is 0 Å². The summed E-state index contributed by atoms with van der Waals surface area (Å²) >= 11 is -0.767. The van der Waals surface area contributed by atoms with E-state index in [1.165, 1.54) is 38.9 Å². The molecule has 0 atom stereocenters. The van der Waals surface area contributed by atoms with Crippen molar-refractivity contribution in [2.75, 3.05) is 19.6 Å². The fraction of sp³-hybridized carbons (Fsp3) is 1.00. The van der Waals surface area contributed by atoms with Crippen molar-refractivity contribution < 1.29 is 0 Å². The second kappa shape index (κ2) is 11.1. The first-order valence-corrected chi connectivity index (χ1v) is 12.1. The van der Waals surface area contributed by atoms with Crippen LogP contribution in [0.1, 0.15) is 47.0 Å². The van der Waals surface area contributed by atoms with E-state index in [0.29, 0.717) is 0 Å². The average Bonchev–Trinajstić information content (AvgIpc) is 2.25. The SMILES string of the molecule is CCCN(CCC)CC[CH2][Ga]([CH2]C)[CH2]C. The summed E-state index contributed by atoms with van der Waals surface area (Å²) in [4.78, 5) is 7.37. The fourth-order valence-electron chi connectivity index (χ4n) is 2.27. The van der Waals surface area contributed by atoms with Gasteiger partial charge in [0.15, 0.2) is 0 Å². The van der Waals surface area contributed by atoms with Crippen LogP contribution in [0.15, 0.2) is 0 Å². The normalized spacial score (nSPS) is 11.0. The number of rotatable bonds is 10. The van der Waals surface area contributed by atoms with Crippen molar-refractivity contribution in [3.63, 3.8) is 0 Å². The molecule has 0 aromatic heterocycles. The molecular formula is C13H30GaN. The van der Waals surface area contributed by atoms with E-state index in [2.05, 4.69) is 32.6 Å². The fourth-order valence-corrected chi connectivity index (χ4v) is 6.79. The zero-order valence-corrected chi connectivity index (χ0v) is 13.8. The summed E-state index contributed by atoms with van der Waals surface area (Å²) in [5.41, 5.74) is 0. The molecule has 0 aliphatic carbocycles. The Morgan fingerprint density at radius 3 is 1.73 bits per heavy atom. The maximum absolute atomic E-state index is 2.66. The van der Waals surface area contributed by atoms with E-state index in [-0.39, 0.29) is 0 Å². The molecule has 0 bridgehead atoms. The van der Waals surface area contributed by atoms with Gasteiger partial charge in [-0.2, -0.15) is 0 Å². The molecule has 1 nitrogen and oxygen atoms in total. The van der Waals surface area contributed by atoms with E-state index in [0.717, 1.165) is 0 Å². The molecule has 0 aliphatic heterocycles. The molecule has 15 heavy (non-hydrogen) atoms. The summed E-state index contributed by atoms with van der Waals surface area (Å²) in [5, 5.41) is 0. The molecule has 0 aliphatic rings. The van der Waals surface area contributed by atoms with Crippen LogP contribution >= 0.6 is 0 Å². The first-order chi connectivity index (χ1) is 7.28. The van der Waals surface area contributed by atoms with Gasteiger partial charge in [-0.1, -0.05) is 0 Å². The van der Waals surface area contributed by atoms with Crippen molar-refractivity contribution in [2.45, 2.75) is 61.9 Å². The van der Waals surface area contributed by atoms with Crippen LogP contribution in [0.2, 0.25) is 14.9 Å². The third-order valence-electron chi connectivity index (χ3n) is 3.32. The Hall–Kier alpha value is 0.596. The number of hydrogen-bond donors (Lipinski definition) is 0. The van der Waals surface area contributed by atoms with Gasteiger partial charge in [0.1, 0.15) is 0 Å². The van der Waals surface area contributed by atoms with Gasteiger partial charge in [-0.3, -0.25) is 0 Å². The van der Waals surface area contributed by atoms with Crippen LogP contribution in [0.5, 0.6) is 0 Å². The Morgan fingerprint density at radius 1 is 0.800 bits per heavy atom. The molecule has 0 fully saturated rings. The van der Waals surface area contributed by atoms with Crippen LogP contribution in [0.4, 0.5) is 0 Å². The summed E-state index contributed by atoms with van der Waals surface area (Å²) in [6, 6.07) is 0. The minimum absolute atomic E-state index is 0.767. The van der Waals surface area contributed by atoms with Crippen LogP contribution in [-0.4, -0.2) is 40.8 Å². The molecule has 2 heteroatoms. The molecule has 0 radical (unpaired) electrons. The van der Waals surface area contributed by atoms with E-state index in [1.54, 1.807) is 14.9 Å². The molecule has 0 amide bonds. The molecule has 0 spiro atoms. The molecular weight excluding hydrogens is 240 g/mol. The van der Waals surface area contributed by atoms with Gasteiger partial charge in [-0.05, 0) is 0 Å². The molecule has 0 saturated carbocycles. The number of nitrogens with zero attached hydrogens (tertiary/aromatic N) is 1. The van der Waals surface area contributed by atoms with E-state index >= 15 is 0 Å². The Labute approximate surface area is 103 Å². The van der Waals surface area contributed by atoms with Crippen LogP contribution < -0.4 is 0 Å². The van der Waals surface area contributed by atoms with Crippen molar-refractivity contribution in [1.82, 2.24) is 4.90 Å². The molecule has 90 valence electrons. The summed E-state index contributed by atoms with van der Waals surface area (Å²) < 4.78 is 0. The summed E-state index contributed by atoms with van der Waals surface area (Å²) in [6.07, 6.45) is 4.10. The Kier molecular flexibility index (Phi) is 11.5. The van der Waals surface area contributed by atoms with E-state index in [4.69, 9.17) is 0 Å². The molecule has 0 aromatic rings. The van der Waals surface area contributed by atoms with Gasteiger partial charge in [-0.15, -0.1) is 0 Å². The van der Waals surface area contributed by atoms with Gasteiger partial charge in [0.25, 0.3) is 0 Å². The summed E-state index contributed by atoms with van der Waals surface area (Å²) in [7, 11) is 0. The Balaban J connectivity index is 3.59. The van der Waals surface area contributed by atoms with Crippen molar-refractivity contribution in [3.8, 4) is 0 Å². The predicted molar refractivity (Wildman–Crippen MR) is 73.2 cm³/mol. The van der Waals surface area contributed by atoms with Crippen molar-refractivity contribution in [2.24, 2.45) is 0 Å². The summed E-state index contributed by atoms with van der Waals surface area (Å²) in [6.45, 7) is 13.4. The first-order valence-electron chi connectivity index (χ1n) is 7.00. The van der Waals surface area contributed by atoms with Gasteiger partial charge in [0.05, 0.1) is 0 Å². The second-order valence-electron chi connectivity index (χ2n) is 4.67. The van der Waals surface area contributed by atoms with Gasteiger partial charge in [-0.25, -0.2) is 0 Å². The summed E-state index contributed by atoms with van der Waals surface area (Å²) in [5.74, 6) is 0. The predicted octanol–water partition coefficient (Wildman–Crippen LogP) is 4.03. The first kappa shape index (κ1) is 15.6. The zero-order chi connectivity index (χ0) is 11.5. The molecule has 0 N–H and O–H groups in total. The van der Waals surface area contributed by atoms with E-state index < -0.39 is 16.2 Å². The molecule has 0 aromatic carbocycles. The molecule has 0 unspecified atom stereocenters. The van der Waals surface area contributed by atoms with Gasteiger partial charge < -0.3 is 0 Å².